The molecule has 0 unspecified atom stereocenters. The summed E-state index contributed by atoms with van der Waals surface area (Å²) in [5.41, 5.74) is 2.00. The Morgan fingerprint density at radius 3 is 2.47 bits per heavy atom. The molecule has 0 N–H and O–H groups in total. The van der Waals surface area contributed by atoms with Crippen LogP contribution in [0, 0.1) is 12.7 Å². The zero-order valence-electron chi connectivity index (χ0n) is 16.7. The first kappa shape index (κ1) is 20.3. The third-order valence-corrected chi connectivity index (χ3v) is 6.48. The summed E-state index contributed by atoms with van der Waals surface area (Å²) in [5.74, 6) is 0.602. The summed E-state index contributed by atoms with van der Waals surface area (Å²) in [6.45, 7) is 4.41. The van der Waals surface area contributed by atoms with Crippen LogP contribution in [0.3, 0.4) is 0 Å². The van der Waals surface area contributed by atoms with E-state index < -0.39 is 10.8 Å². The van der Waals surface area contributed by atoms with Crippen molar-refractivity contribution in [3.63, 3.8) is 0 Å². The van der Waals surface area contributed by atoms with E-state index in [2.05, 4.69) is 4.90 Å². The number of carbonyl (C=O) groups excluding carboxylic acids is 1. The van der Waals surface area contributed by atoms with Crippen molar-refractivity contribution in [2.45, 2.75) is 17.6 Å². The molecule has 1 aromatic heterocycles. The lowest BCUT2D eigenvalue weighted by Gasteiger charge is -2.35. The maximum absolute atomic E-state index is 13.1. The Labute approximate surface area is 177 Å². The van der Waals surface area contributed by atoms with Gasteiger partial charge in [0.2, 0.25) is 0 Å². The van der Waals surface area contributed by atoms with Crippen LogP contribution in [0.5, 0.6) is 0 Å². The molecule has 1 fully saturated rings. The molecule has 1 amide bonds. The number of anilines is 1. The molecule has 4 rings (SSSR count). The first-order chi connectivity index (χ1) is 14.5. The summed E-state index contributed by atoms with van der Waals surface area (Å²) in [6, 6.07) is 17.3. The molecular formula is C23H23FN2O3S. The molecule has 0 radical (unpaired) electrons. The van der Waals surface area contributed by atoms with Crippen LogP contribution in [-0.2, 0) is 16.6 Å². The monoisotopic (exact) mass is 426 g/mol. The third kappa shape index (κ3) is 4.62. The van der Waals surface area contributed by atoms with Crippen molar-refractivity contribution < 1.29 is 17.8 Å². The van der Waals surface area contributed by atoms with Crippen molar-refractivity contribution in [1.29, 1.82) is 0 Å². The van der Waals surface area contributed by atoms with Crippen LogP contribution in [-0.4, -0.2) is 41.2 Å². The van der Waals surface area contributed by atoms with Crippen LogP contribution in [0.1, 0.15) is 21.9 Å². The number of hydrogen-bond donors (Lipinski definition) is 0. The molecule has 0 bridgehead atoms. The maximum atomic E-state index is 13.1. The topological polar surface area (TPSA) is 53.8 Å². The smallest absolute Gasteiger partial charge is 0.289 e. The molecule has 1 aliphatic rings. The minimum absolute atomic E-state index is 0.165. The van der Waals surface area contributed by atoms with Crippen LogP contribution >= 0.6 is 0 Å². The van der Waals surface area contributed by atoms with Crippen molar-refractivity contribution in [1.82, 2.24) is 4.90 Å². The van der Waals surface area contributed by atoms with Gasteiger partial charge in [-0.05, 0) is 61.0 Å². The lowest BCUT2D eigenvalue weighted by atomic mass is 10.2. The third-order valence-electron chi connectivity index (χ3n) is 5.16. The van der Waals surface area contributed by atoms with E-state index in [-0.39, 0.29) is 23.2 Å². The number of halogens is 1. The van der Waals surface area contributed by atoms with Gasteiger partial charge in [-0.1, -0.05) is 12.1 Å². The number of carbonyl (C=O) groups is 1. The highest BCUT2D eigenvalue weighted by Gasteiger charge is 2.24. The van der Waals surface area contributed by atoms with Crippen LogP contribution < -0.4 is 4.90 Å². The number of furan rings is 1. The number of amides is 1. The number of aryl methyl sites for hydroxylation is 1. The highest BCUT2D eigenvalue weighted by molar-refractivity contribution is 7.84. The summed E-state index contributed by atoms with van der Waals surface area (Å²) in [6.07, 6.45) is 0. The molecule has 1 aliphatic heterocycles. The van der Waals surface area contributed by atoms with Crippen molar-refractivity contribution in [3.8, 4) is 0 Å². The molecule has 30 heavy (non-hydrogen) atoms. The van der Waals surface area contributed by atoms with Crippen LogP contribution in [0.25, 0.3) is 0 Å². The van der Waals surface area contributed by atoms with Gasteiger partial charge in [0.15, 0.2) is 5.76 Å². The largest absolute Gasteiger partial charge is 0.455 e. The number of benzene rings is 2. The van der Waals surface area contributed by atoms with Gasteiger partial charge in [-0.15, -0.1) is 0 Å². The van der Waals surface area contributed by atoms with Crippen LogP contribution in [0.15, 0.2) is 70.0 Å². The Morgan fingerprint density at radius 1 is 1.03 bits per heavy atom. The van der Waals surface area contributed by atoms with E-state index >= 15 is 0 Å². The SMILES string of the molecule is Cc1cccc([S@@](=O)Cc2ccc(C(=O)N3CCN(c4ccc(F)cc4)CC3)o2)c1. The quantitative estimate of drug-likeness (QED) is 0.619. The summed E-state index contributed by atoms with van der Waals surface area (Å²) >= 11 is 0. The lowest BCUT2D eigenvalue weighted by molar-refractivity contribution is 0.0713. The van der Waals surface area contributed by atoms with Gasteiger partial charge in [-0.3, -0.25) is 9.00 Å². The average molecular weight is 427 g/mol. The van der Waals surface area contributed by atoms with E-state index in [0.29, 0.717) is 31.9 Å². The minimum atomic E-state index is -1.23. The van der Waals surface area contributed by atoms with E-state index in [1.54, 1.807) is 29.2 Å². The first-order valence-corrected chi connectivity index (χ1v) is 11.1. The fraction of sp³-hybridized carbons (Fsp3) is 0.261. The standard InChI is InChI=1S/C23H23FN2O3S/c1-17-3-2-4-21(15-17)30(28)16-20-9-10-22(29-20)23(27)26-13-11-25(12-14-26)19-7-5-18(24)6-8-19/h2-10,15H,11-14,16H2,1H3/t30-/m0/s1. The molecule has 2 aromatic carbocycles. The number of nitrogens with zero attached hydrogens (tertiary/aromatic N) is 2. The molecule has 5 nitrogen and oxygen atoms in total. The second kappa shape index (κ2) is 8.83. The summed E-state index contributed by atoms with van der Waals surface area (Å²) in [5, 5.41) is 0. The molecule has 1 atom stereocenters. The highest BCUT2D eigenvalue weighted by atomic mass is 32.2. The summed E-state index contributed by atoms with van der Waals surface area (Å²) in [7, 11) is -1.23. The lowest BCUT2D eigenvalue weighted by Crippen LogP contribution is -2.48. The molecule has 0 spiro atoms. The fourth-order valence-corrected chi connectivity index (χ4v) is 4.64. The van der Waals surface area contributed by atoms with Crippen LogP contribution in [0.2, 0.25) is 0 Å². The van der Waals surface area contributed by atoms with E-state index in [1.165, 1.54) is 12.1 Å². The Kier molecular flexibility index (Phi) is 5.99. The minimum Gasteiger partial charge on any atom is -0.455 e. The predicted octanol–water partition coefficient (Wildman–Crippen LogP) is 4.00. The molecule has 2 heterocycles. The van der Waals surface area contributed by atoms with E-state index in [1.807, 2.05) is 31.2 Å². The molecule has 0 aliphatic carbocycles. The summed E-state index contributed by atoms with van der Waals surface area (Å²) in [4.78, 5) is 17.4. The molecule has 0 saturated carbocycles. The van der Waals surface area contributed by atoms with Crippen molar-refractivity contribution in [2.24, 2.45) is 0 Å². The second-order valence-electron chi connectivity index (χ2n) is 7.33. The van der Waals surface area contributed by atoms with E-state index in [4.69, 9.17) is 4.42 Å². The molecule has 1 saturated heterocycles. The Morgan fingerprint density at radius 2 is 1.77 bits per heavy atom. The van der Waals surface area contributed by atoms with E-state index in [9.17, 15) is 13.4 Å². The maximum Gasteiger partial charge on any atom is 0.289 e. The zero-order valence-corrected chi connectivity index (χ0v) is 17.5. The second-order valence-corrected chi connectivity index (χ2v) is 8.78. The number of piperazine rings is 1. The van der Waals surface area contributed by atoms with Gasteiger partial charge in [0.05, 0.1) is 16.6 Å². The Hall–Kier alpha value is -2.93. The van der Waals surface area contributed by atoms with Crippen molar-refractivity contribution in [2.75, 3.05) is 31.1 Å². The molecule has 156 valence electrons. The van der Waals surface area contributed by atoms with Gasteiger partial charge in [-0.2, -0.15) is 0 Å². The molecular weight excluding hydrogens is 403 g/mol. The van der Waals surface area contributed by atoms with Gasteiger partial charge < -0.3 is 14.2 Å². The summed E-state index contributed by atoms with van der Waals surface area (Å²) < 4.78 is 31.4. The Balaban J connectivity index is 1.35. The van der Waals surface area contributed by atoms with Crippen molar-refractivity contribution >= 4 is 22.4 Å². The first-order valence-electron chi connectivity index (χ1n) is 9.83. The predicted molar refractivity (Wildman–Crippen MR) is 115 cm³/mol. The normalized spacial score (nSPS) is 15.3. The van der Waals surface area contributed by atoms with Gasteiger partial charge in [0, 0.05) is 36.8 Å². The molecule has 7 heteroatoms. The fourth-order valence-electron chi connectivity index (χ4n) is 3.52. The Bertz CT molecular complexity index is 1060. The number of rotatable bonds is 5. The van der Waals surface area contributed by atoms with Gasteiger partial charge in [0.25, 0.3) is 5.91 Å². The number of hydrogen-bond acceptors (Lipinski definition) is 4. The van der Waals surface area contributed by atoms with Crippen LogP contribution in [0.4, 0.5) is 10.1 Å². The van der Waals surface area contributed by atoms with Crippen molar-refractivity contribution in [3.05, 3.63) is 83.6 Å². The van der Waals surface area contributed by atoms with Gasteiger partial charge in [-0.25, -0.2) is 4.39 Å². The average Bonchev–Trinajstić information content (AvgIpc) is 3.22. The zero-order chi connectivity index (χ0) is 21.1. The van der Waals surface area contributed by atoms with Gasteiger partial charge in [0.1, 0.15) is 11.6 Å². The van der Waals surface area contributed by atoms with E-state index in [0.717, 1.165) is 16.1 Å². The van der Waals surface area contributed by atoms with Gasteiger partial charge >= 0.3 is 0 Å². The molecule has 3 aromatic rings. The highest BCUT2D eigenvalue weighted by Crippen LogP contribution is 2.20.